The minimum Gasteiger partial charge on any atom is -0.0984 e. The van der Waals surface area contributed by atoms with Gasteiger partial charge in [-0.25, -0.2) is 0 Å². The minimum atomic E-state index is -0.0741. The SMILES string of the molecule is C=Cc1c(/C=C\C)ccc2ccc(-c3c4ccccc4c(-c4ccc5c(c4)C(C)(C)c4ccccc4-5)c4c3ccc3ccccc34)cc12. The summed E-state index contributed by atoms with van der Waals surface area (Å²) in [4.78, 5) is 0. The lowest BCUT2D eigenvalue weighted by atomic mass is 9.80. The van der Waals surface area contributed by atoms with Gasteiger partial charge in [0.25, 0.3) is 0 Å². The van der Waals surface area contributed by atoms with Gasteiger partial charge in [0, 0.05) is 5.41 Å². The average Bonchev–Trinajstić information content (AvgIpc) is 3.35. The molecule has 0 aliphatic heterocycles. The van der Waals surface area contributed by atoms with E-state index in [1.54, 1.807) is 0 Å². The summed E-state index contributed by atoms with van der Waals surface area (Å²) >= 11 is 0. The van der Waals surface area contributed by atoms with Gasteiger partial charge in [-0.05, 0) is 118 Å². The van der Waals surface area contributed by atoms with Crippen LogP contribution in [-0.2, 0) is 5.41 Å². The molecule has 0 heterocycles. The van der Waals surface area contributed by atoms with Crippen LogP contribution in [0.15, 0.2) is 146 Å². The molecule has 0 radical (unpaired) electrons. The monoisotopic (exact) mass is 612 g/mol. The zero-order valence-corrected chi connectivity index (χ0v) is 27.6. The topological polar surface area (TPSA) is 0 Å². The van der Waals surface area contributed by atoms with Crippen molar-refractivity contribution in [3.05, 3.63) is 168 Å². The summed E-state index contributed by atoms with van der Waals surface area (Å²) in [6, 6.07) is 50.0. The van der Waals surface area contributed by atoms with Crippen molar-refractivity contribution < 1.29 is 0 Å². The Balaban J connectivity index is 1.41. The molecule has 0 heteroatoms. The third-order valence-electron chi connectivity index (χ3n) is 10.7. The molecule has 8 aromatic carbocycles. The molecule has 48 heavy (non-hydrogen) atoms. The maximum Gasteiger partial charge on any atom is 0.0159 e. The number of hydrogen-bond acceptors (Lipinski definition) is 0. The summed E-state index contributed by atoms with van der Waals surface area (Å²) in [6.07, 6.45) is 6.27. The quantitative estimate of drug-likeness (QED) is 0.137. The molecule has 0 nitrogen and oxygen atoms in total. The Morgan fingerprint density at radius 1 is 0.521 bits per heavy atom. The fraction of sp³-hybridized carbons (Fsp3) is 0.0833. The highest BCUT2D eigenvalue weighted by Gasteiger charge is 2.35. The largest absolute Gasteiger partial charge is 0.0984 e. The van der Waals surface area contributed by atoms with Crippen LogP contribution in [-0.4, -0.2) is 0 Å². The van der Waals surface area contributed by atoms with Crippen LogP contribution in [0.4, 0.5) is 0 Å². The minimum absolute atomic E-state index is 0.0741. The van der Waals surface area contributed by atoms with Gasteiger partial charge in [-0.15, -0.1) is 0 Å². The van der Waals surface area contributed by atoms with E-state index in [1.807, 2.05) is 6.08 Å². The average molecular weight is 613 g/mol. The lowest BCUT2D eigenvalue weighted by molar-refractivity contribution is 0.660. The van der Waals surface area contributed by atoms with Crippen molar-refractivity contribution >= 4 is 55.2 Å². The molecule has 0 bridgehead atoms. The zero-order chi connectivity index (χ0) is 32.6. The number of rotatable bonds is 4. The molecule has 228 valence electrons. The van der Waals surface area contributed by atoms with Crippen LogP contribution < -0.4 is 0 Å². The Hall–Kier alpha value is -5.72. The van der Waals surface area contributed by atoms with Crippen molar-refractivity contribution in [2.45, 2.75) is 26.2 Å². The molecule has 0 spiro atoms. The highest BCUT2D eigenvalue weighted by molar-refractivity contribution is 6.28. The first-order valence-corrected chi connectivity index (χ1v) is 16.9. The maximum absolute atomic E-state index is 4.22. The third kappa shape index (κ3) is 4.02. The van der Waals surface area contributed by atoms with Crippen molar-refractivity contribution in [3.8, 4) is 33.4 Å². The smallest absolute Gasteiger partial charge is 0.0159 e. The number of allylic oxidation sites excluding steroid dienone is 1. The molecular weight excluding hydrogens is 577 g/mol. The molecule has 0 saturated carbocycles. The van der Waals surface area contributed by atoms with E-state index in [0.717, 1.165) is 0 Å². The van der Waals surface area contributed by atoms with Crippen molar-refractivity contribution in [1.82, 2.24) is 0 Å². The molecule has 0 N–H and O–H groups in total. The van der Waals surface area contributed by atoms with E-state index in [-0.39, 0.29) is 5.41 Å². The Morgan fingerprint density at radius 2 is 1.15 bits per heavy atom. The summed E-state index contributed by atoms with van der Waals surface area (Å²) in [7, 11) is 0. The molecule has 1 aliphatic rings. The first-order chi connectivity index (χ1) is 23.5. The fourth-order valence-electron chi connectivity index (χ4n) is 8.49. The maximum atomic E-state index is 4.22. The summed E-state index contributed by atoms with van der Waals surface area (Å²) in [5.41, 5.74) is 12.9. The first-order valence-electron chi connectivity index (χ1n) is 16.9. The molecule has 0 amide bonds. The Kier molecular flexibility index (Phi) is 6.33. The van der Waals surface area contributed by atoms with E-state index in [2.05, 4.69) is 173 Å². The highest BCUT2D eigenvalue weighted by Crippen LogP contribution is 2.52. The van der Waals surface area contributed by atoms with Crippen LogP contribution >= 0.6 is 0 Å². The van der Waals surface area contributed by atoms with Gasteiger partial charge in [0.2, 0.25) is 0 Å². The van der Waals surface area contributed by atoms with Gasteiger partial charge in [0.15, 0.2) is 0 Å². The zero-order valence-electron chi connectivity index (χ0n) is 27.6. The standard InChI is InChI=1S/C48H36/c1-5-13-30-20-21-32-22-23-33(28-42(32)35(30)6-2)45-39-17-9-10-18-40(39)46(47-36-15-8-7-14-31(36)24-27-41(45)47)34-25-26-38-37-16-11-12-19-43(37)48(3,4)44(38)29-34/h5-29H,2H2,1,3-4H3/b13-5-. The fourth-order valence-corrected chi connectivity index (χ4v) is 8.49. The van der Waals surface area contributed by atoms with E-state index >= 15 is 0 Å². The molecule has 1 aliphatic carbocycles. The van der Waals surface area contributed by atoms with Crippen LogP contribution in [0.1, 0.15) is 43.0 Å². The van der Waals surface area contributed by atoms with Crippen molar-refractivity contribution in [3.63, 3.8) is 0 Å². The summed E-state index contributed by atoms with van der Waals surface area (Å²) < 4.78 is 0. The summed E-state index contributed by atoms with van der Waals surface area (Å²) in [6.45, 7) is 11.0. The second kappa shape index (κ2) is 10.7. The van der Waals surface area contributed by atoms with E-state index in [9.17, 15) is 0 Å². The normalized spacial score (nSPS) is 13.5. The second-order valence-electron chi connectivity index (χ2n) is 13.6. The predicted octanol–water partition coefficient (Wildman–Crippen LogP) is 13.6. The van der Waals surface area contributed by atoms with Gasteiger partial charge >= 0.3 is 0 Å². The second-order valence-corrected chi connectivity index (χ2v) is 13.6. The van der Waals surface area contributed by atoms with Crippen LogP contribution in [0.2, 0.25) is 0 Å². The number of hydrogen-bond donors (Lipinski definition) is 0. The Bertz CT molecular complexity index is 2660. The Labute approximate surface area is 282 Å². The van der Waals surface area contributed by atoms with Gasteiger partial charge in [-0.2, -0.15) is 0 Å². The molecule has 0 unspecified atom stereocenters. The van der Waals surface area contributed by atoms with Crippen molar-refractivity contribution in [2.24, 2.45) is 0 Å². The van der Waals surface area contributed by atoms with Crippen LogP contribution in [0, 0.1) is 0 Å². The molecule has 0 aromatic heterocycles. The van der Waals surface area contributed by atoms with Gasteiger partial charge in [0.1, 0.15) is 0 Å². The van der Waals surface area contributed by atoms with Gasteiger partial charge < -0.3 is 0 Å². The molecule has 8 aromatic rings. The third-order valence-corrected chi connectivity index (χ3v) is 10.7. The first kappa shape index (κ1) is 28.5. The summed E-state index contributed by atoms with van der Waals surface area (Å²) in [5.74, 6) is 0. The van der Waals surface area contributed by atoms with Crippen molar-refractivity contribution in [1.29, 1.82) is 0 Å². The van der Waals surface area contributed by atoms with E-state index in [4.69, 9.17) is 0 Å². The van der Waals surface area contributed by atoms with E-state index in [0.29, 0.717) is 0 Å². The summed E-state index contributed by atoms with van der Waals surface area (Å²) in [5, 5.41) is 10.1. The lowest BCUT2D eigenvalue weighted by Gasteiger charge is -2.23. The van der Waals surface area contributed by atoms with Crippen LogP contribution in [0.3, 0.4) is 0 Å². The van der Waals surface area contributed by atoms with Crippen molar-refractivity contribution in [2.75, 3.05) is 0 Å². The predicted molar refractivity (Wildman–Crippen MR) is 210 cm³/mol. The van der Waals surface area contributed by atoms with Gasteiger partial charge in [0.05, 0.1) is 0 Å². The van der Waals surface area contributed by atoms with E-state index in [1.165, 1.54) is 98.7 Å². The highest BCUT2D eigenvalue weighted by atomic mass is 14.4. The molecular formula is C48H36. The van der Waals surface area contributed by atoms with Gasteiger partial charge in [-0.3, -0.25) is 0 Å². The van der Waals surface area contributed by atoms with Crippen LogP contribution in [0.25, 0.3) is 88.6 Å². The van der Waals surface area contributed by atoms with E-state index < -0.39 is 0 Å². The number of benzene rings is 8. The Morgan fingerprint density at radius 3 is 1.96 bits per heavy atom. The molecule has 0 saturated heterocycles. The lowest BCUT2D eigenvalue weighted by Crippen LogP contribution is -2.14. The molecule has 9 rings (SSSR count). The van der Waals surface area contributed by atoms with Gasteiger partial charge in [-0.1, -0.05) is 160 Å². The molecule has 0 fully saturated rings. The number of fused-ring (bicyclic) bond motifs is 8. The van der Waals surface area contributed by atoms with Crippen LogP contribution in [0.5, 0.6) is 0 Å². The molecule has 0 atom stereocenters.